The van der Waals surface area contributed by atoms with Crippen molar-refractivity contribution in [3.63, 3.8) is 0 Å². The molecule has 33 heavy (non-hydrogen) atoms. The zero-order valence-corrected chi connectivity index (χ0v) is 17.7. The molecule has 182 valence electrons. The largest absolute Gasteiger partial charge is 0.481 e. The van der Waals surface area contributed by atoms with Crippen LogP contribution in [0.2, 0.25) is 0 Å². The van der Waals surface area contributed by atoms with Gasteiger partial charge in [-0.3, -0.25) is 24.0 Å². The predicted octanol–water partition coefficient (Wildman–Crippen LogP) is -3.42. The molecular formula is C18H27N7O8. The van der Waals surface area contributed by atoms with Gasteiger partial charge in [0.25, 0.3) is 0 Å². The lowest BCUT2D eigenvalue weighted by Crippen LogP contribution is -2.56. The second-order valence-corrected chi connectivity index (χ2v) is 7.18. The summed E-state index contributed by atoms with van der Waals surface area (Å²) in [4.78, 5) is 76.8. The van der Waals surface area contributed by atoms with Crippen LogP contribution in [0.25, 0.3) is 0 Å². The van der Waals surface area contributed by atoms with E-state index in [2.05, 4.69) is 25.9 Å². The van der Waals surface area contributed by atoms with Gasteiger partial charge in [0.1, 0.15) is 18.1 Å². The summed E-state index contributed by atoms with van der Waals surface area (Å²) in [6.07, 6.45) is 1.44. The first-order valence-electron chi connectivity index (χ1n) is 9.77. The number of nitrogens with zero attached hydrogens (tertiary/aromatic N) is 1. The summed E-state index contributed by atoms with van der Waals surface area (Å²) < 4.78 is 0. The molecule has 15 nitrogen and oxygen atoms in total. The summed E-state index contributed by atoms with van der Waals surface area (Å²) in [6, 6.07) is -5.33. The van der Waals surface area contributed by atoms with Gasteiger partial charge in [0, 0.05) is 24.7 Å². The van der Waals surface area contributed by atoms with Crippen LogP contribution in [0, 0.1) is 0 Å². The average Bonchev–Trinajstić information content (AvgIpc) is 3.22. The summed E-state index contributed by atoms with van der Waals surface area (Å²) >= 11 is 0. The standard InChI is InChI=1S/C18H27N7O8/c1-8(15(29)25-12(18(32)33)4-9-6-21-7-22-9)23-17(31)11(2-3-13(20)26)24-16(30)10(19)5-14(27)28/h6-8,10-12H,2-5,19H2,1H3,(H2,20,26)(H,21,22)(H,23,31)(H,24,30)(H,25,29)(H,27,28)(H,32,33). The minimum Gasteiger partial charge on any atom is -0.481 e. The van der Waals surface area contributed by atoms with Crippen molar-refractivity contribution in [2.75, 3.05) is 0 Å². The van der Waals surface area contributed by atoms with Crippen molar-refractivity contribution in [3.05, 3.63) is 18.2 Å². The highest BCUT2D eigenvalue weighted by Gasteiger charge is 2.29. The number of nitrogens with two attached hydrogens (primary N) is 2. The Morgan fingerprint density at radius 2 is 1.67 bits per heavy atom. The molecule has 0 aliphatic carbocycles. The maximum absolute atomic E-state index is 12.6. The number of carbonyl (C=O) groups excluding carboxylic acids is 4. The van der Waals surface area contributed by atoms with Crippen LogP contribution in [-0.2, 0) is 35.2 Å². The molecule has 0 radical (unpaired) electrons. The zero-order valence-electron chi connectivity index (χ0n) is 17.7. The van der Waals surface area contributed by atoms with E-state index in [4.69, 9.17) is 16.6 Å². The Morgan fingerprint density at radius 3 is 2.18 bits per heavy atom. The monoisotopic (exact) mass is 469 g/mol. The fraction of sp³-hybridized carbons (Fsp3) is 0.500. The number of aromatic amines is 1. The molecule has 0 fully saturated rings. The highest BCUT2D eigenvalue weighted by atomic mass is 16.4. The van der Waals surface area contributed by atoms with Crippen LogP contribution in [0.5, 0.6) is 0 Å². The van der Waals surface area contributed by atoms with Gasteiger partial charge in [-0.2, -0.15) is 0 Å². The molecule has 0 aliphatic heterocycles. The lowest BCUT2D eigenvalue weighted by molar-refractivity contribution is -0.142. The summed E-state index contributed by atoms with van der Waals surface area (Å²) in [5.74, 6) is -6.05. The number of aromatic nitrogens is 2. The second-order valence-electron chi connectivity index (χ2n) is 7.18. The third-order valence-electron chi connectivity index (χ3n) is 4.39. The summed E-state index contributed by atoms with van der Waals surface area (Å²) in [5.41, 5.74) is 11.0. The van der Waals surface area contributed by atoms with E-state index in [1.165, 1.54) is 19.4 Å². The van der Waals surface area contributed by atoms with Crippen molar-refractivity contribution in [2.24, 2.45) is 11.5 Å². The van der Waals surface area contributed by atoms with Gasteiger partial charge >= 0.3 is 11.9 Å². The first kappa shape index (κ1) is 27.0. The number of hydrogen-bond donors (Lipinski definition) is 8. The molecule has 4 unspecified atom stereocenters. The number of imidazole rings is 1. The molecule has 4 amide bonds. The third kappa shape index (κ3) is 9.77. The number of nitrogens with one attached hydrogen (secondary N) is 4. The topological polar surface area (TPSA) is 260 Å². The van der Waals surface area contributed by atoms with Crippen LogP contribution in [0.1, 0.15) is 31.9 Å². The zero-order chi connectivity index (χ0) is 25.1. The number of amides is 4. The van der Waals surface area contributed by atoms with E-state index in [9.17, 15) is 33.9 Å². The molecule has 4 atom stereocenters. The molecule has 10 N–H and O–H groups in total. The molecule has 0 bridgehead atoms. The van der Waals surface area contributed by atoms with Gasteiger partial charge in [-0.1, -0.05) is 0 Å². The van der Waals surface area contributed by atoms with E-state index in [1.54, 1.807) is 0 Å². The Labute approximate surface area is 187 Å². The first-order valence-corrected chi connectivity index (χ1v) is 9.77. The Morgan fingerprint density at radius 1 is 1.03 bits per heavy atom. The van der Waals surface area contributed by atoms with Crippen molar-refractivity contribution in [1.82, 2.24) is 25.9 Å². The van der Waals surface area contributed by atoms with Crippen molar-refractivity contribution in [2.45, 2.75) is 56.8 Å². The highest BCUT2D eigenvalue weighted by Crippen LogP contribution is 2.02. The van der Waals surface area contributed by atoms with E-state index in [0.29, 0.717) is 5.69 Å². The van der Waals surface area contributed by atoms with Crippen LogP contribution < -0.4 is 27.4 Å². The molecule has 1 heterocycles. The minimum atomic E-state index is -1.45. The fourth-order valence-electron chi connectivity index (χ4n) is 2.61. The van der Waals surface area contributed by atoms with Crippen LogP contribution in [0.15, 0.2) is 12.5 Å². The number of aliphatic carboxylic acids is 2. The van der Waals surface area contributed by atoms with Crippen LogP contribution in [-0.4, -0.2) is 79.9 Å². The van der Waals surface area contributed by atoms with E-state index in [0.717, 1.165) is 0 Å². The molecule has 0 spiro atoms. The SMILES string of the molecule is CC(NC(=O)C(CCC(N)=O)NC(=O)C(N)CC(=O)O)C(=O)NC(Cc1cnc[nH]1)C(=O)O. The van der Waals surface area contributed by atoms with Gasteiger partial charge in [-0.25, -0.2) is 9.78 Å². The quantitative estimate of drug-likeness (QED) is 0.134. The summed E-state index contributed by atoms with van der Waals surface area (Å²) in [5, 5.41) is 24.9. The molecule has 15 heteroatoms. The molecule has 0 aliphatic rings. The Kier molecular flexibility index (Phi) is 10.4. The molecule has 0 saturated heterocycles. The third-order valence-corrected chi connectivity index (χ3v) is 4.39. The number of primary amides is 1. The highest BCUT2D eigenvalue weighted by molar-refractivity contribution is 5.94. The van der Waals surface area contributed by atoms with Crippen LogP contribution in [0.3, 0.4) is 0 Å². The lowest BCUT2D eigenvalue weighted by Gasteiger charge is -2.23. The van der Waals surface area contributed by atoms with Crippen LogP contribution in [0.4, 0.5) is 0 Å². The van der Waals surface area contributed by atoms with E-state index in [1.807, 2.05) is 0 Å². The second kappa shape index (κ2) is 12.7. The van der Waals surface area contributed by atoms with Gasteiger partial charge in [0.15, 0.2) is 0 Å². The molecular weight excluding hydrogens is 442 g/mol. The number of carboxylic acids is 2. The number of H-pyrrole nitrogens is 1. The average molecular weight is 469 g/mol. The van der Waals surface area contributed by atoms with E-state index < -0.39 is 66.2 Å². The van der Waals surface area contributed by atoms with Crippen molar-refractivity contribution < 1.29 is 39.0 Å². The van der Waals surface area contributed by atoms with Gasteiger partial charge in [0.05, 0.1) is 18.8 Å². The normalized spacial score (nSPS) is 14.2. The Balaban J connectivity index is 2.78. The smallest absolute Gasteiger partial charge is 0.326 e. The fourth-order valence-corrected chi connectivity index (χ4v) is 2.61. The van der Waals surface area contributed by atoms with Crippen LogP contribution >= 0.6 is 0 Å². The first-order chi connectivity index (χ1) is 15.4. The molecule has 0 aromatic carbocycles. The van der Waals surface area contributed by atoms with Crippen molar-refractivity contribution >= 4 is 35.6 Å². The van der Waals surface area contributed by atoms with E-state index in [-0.39, 0.29) is 19.3 Å². The molecule has 1 aromatic rings. The van der Waals surface area contributed by atoms with E-state index >= 15 is 0 Å². The summed E-state index contributed by atoms with van der Waals surface area (Å²) in [7, 11) is 0. The lowest BCUT2D eigenvalue weighted by atomic mass is 10.1. The van der Waals surface area contributed by atoms with Gasteiger partial charge in [-0.15, -0.1) is 0 Å². The number of carboxylic acid groups (broad SMARTS) is 2. The Bertz CT molecular complexity index is 873. The van der Waals surface area contributed by atoms with Gasteiger partial charge in [-0.05, 0) is 13.3 Å². The Hall–Kier alpha value is -4.01. The van der Waals surface area contributed by atoms with Gasteiger partial charge < -0.3 is 42.6 Å². The summed E-state index contributed by atoms with van der Waals surface area (Å²) in [6.45, 7) is 1.28. The maximum atomic E-state index is 12.6. The number of hydrogen-bond acceptors (Lipinski definition) is 8. The minimum absolute atomic E-state index is 0.0828. The molecule has 1 aromatic heterocycles. The number of carbonyl (C=O) groups is 6. The molecule has 0 saturated carbocycles. The van der Waals surface area contributed by atoms with Crippen molar-refractivity contribution in [1.29, 1.82) is 0 Å². The maximum Gasteiger partial charge on any atom is 0.326 e. The van der Waals surface area contributed by atoms with Gasteiger partial charge in [0.2, 0.25) is 23.6 Å². The molecule has 1 rings (SSSR count). The number of rotatable bonds is 14. The predicted molar refractivity (Wildman–Crippen MR) is 110 cm³/mol. The van der Waals surface area contributed by atoms with Crippen molar-refractivity contribution in [3.8, 4) is 0 Å².